The number of rotatable bonds is 5. The van der Waals surface area contributed by atoms with E-state index in [0.29, 0.717) is 23.8 Å². The van der Waals surface area contributed by atoms with Crippen molar-refractivity contribution in [2.45, 2.75) is 52.5 Å². The number of alkyl halides is 3. The molecule has 0 saturated carbocycles. The molecule has 0 unspecified atom stereocenters. The Bertz CT molecular complexity index is 919. The van der Waals surface area contributed by atoms with Crippen LogP contribution >= 0.6 is 0 Å². The number of benzene rings is 1. The zero-order chi connectivity index (χ0) is 19.8. The third kappa shape index (κ3) is 4.40. The predicted octanol–water partition coefficient (Wildman–Crippen LogP) is 4.08. The van der Waals surface area contributed by atoms with Gasteiger partial charge in [0.15, 0.2) is 0 Å². The molecule has 2 heterocycles. The normalized spacial score (nSPS) is 12.3. The van der Waals surface area contributed by atoms with Crippen molar-refractivity contribution in [3.8, 4) is 5.69 Å². The minimum Gasteiger partial charge on any atom is -0.235 e. The molecule has 4 nitrogen and oxygen atoms in total. The summed E-state index contributed by atoms with van der Waals surface area (Å²) in [6.07, 6.45) is 6.78. The van der Waals surface area contributed by atoms with Gasteiger partial charge in [0.2, 0.25) is 12.7 Å². The molecule has 3 aromatic rings. The highest BCUT2D eigenvalue weighted by Crippen LogP contribution is 2.31. The Morgan fingerprint density at radius 2 is 1.52 bits per heavy atom. The van der Waals surface area contributed by atoms with Crippen LogP contribution in [0.3, 0.4) is 0 Å². The summed E-state index contributed by atoms with van der Waals surface area (Å²) in [5.41, 5.74) is 0.475. The van der Waals surface area contributed by atoms with E-state index >= 15 is 0 Å². The number of aromatic nitrogens is 4. The summed E-state index contributed by atoms with van der Waals surface area (Å²) in [7, 11) is 0. The van der Waals surface area contributed by atoms with E-state index in [1.807, 2.05) is 58.8 Å². The lowest BCUT2D eigenvalue weighted by atomic mass is 10.1. The maximum absolute atomic E-state index is 13.4. The molecular formula is C20H25F3N4+2. The average molecular weight is 378 g/mol. The molecule has 0 saturated heterocycles. The molecule has 27 heavy (non-hydrogen) atoms. The Balaban J connectivity index is 1.99. The van der Waals surface area contributed by atoms with E-state index in [1.165, 1.54) is 12.1 Å². The minimum absolute atomic E-state index is 0.239. The zero-order valence-corrected chi connectivity index (χ0v) is 16.0. The van der Waals surface area contributed by atoms with E-state index in [0.717, 1.165) is 0 Å². The van der Waals surface area contributed by atoms with Crippen LogP contribution in [0, 0.1) is 0 Å². The van der Waals surface area contributed by atoms with Crippen molar-refractivity contribution < 1.29 is 22.3 Å². The van der Waals surface area contributed by atoms with Crippen LogP contribution in [0.2, 0.25) is 0 Å². The van der Waals surface area contributed by atoms with Crippen molar-refractivity contribution in [1.29, 1.82) is 0 Å². The number of nitrogens with zero attached hydrogens (tertiary/aromatic N) is 4. The Morgan fingerprint density at radius 1 is 0.889 bits per heavy atom. The minimum atomic E-state index is -4.39. The van der Waals surface area contributed by atoms with Crippen LogP contribution in [-0.4, -0.2) is 9.13 Å². The number of hydrogen-bond acceptors (Lipinski definition) is 0. The van der Waals surface area contributed by atoms with Crippen molar-refractivity contribution >= 4 is 0 Å². The van der Waals surface area contributed by atoms with Gasteiger partial charge in [0, 0.05) is 0 Å². The summed E-state index contributed by atoms with van der Waals surface area (Å²) in [4.78, 5) is 0. The van der Waals surface area contributed by atoms with E-state index < -0.39 is 11.7 Å². The van der Waals surface area contributed by atoms with Crippen LogP contribution in [0.15, 0.2) is 55.6 Å². The monoisotopic (exact) mass is 378 g/mol. The Morgan fingerprint density at radius 3 is 2.07 bits per heavy atom. The zero-order valence-electron chi connectivity index (χ0n) is 16.0. The van der Waals surface area contributed by atoms with E-state index in [2.05, 4.69) is 13.8 Å². The van der Waals surface area contributed by atoms with Crippen LogP contribution in [0.4, 0.5) is 13.2 Å². The second-order valence-corrected chi connectivity index (χ2v) is 7.37. The van der Waals surface area contributed by atoms with Gasteiger partial charge in [-0.25, -0.2) is 18.3 Å². The number of imidazole rings is 2. The average Bonchev–Trinajstić information content (AvgIpc) is 3.23. The molecule has 0 amide bonds. The summed E-state index contributed by atoms with van der Waals surface area (Å²) < 4.78 is 47.9. The third-order valence-electron chi connectivity index (χ3n) is 4.53. The van der Waals surface area contributed by atoms with Gasteiger partial charge >= 0.3 is 6.18 Å². The Labute approximate surface area is 157 Å². The van der Waals surface area contributed by atoms with Crippen molar-refractivity contribution in [2.24, 2.45) is 0 Å². The Hall–Kier alpha value is -2.57. The van der Waals surface area contributed by atoms with Crippen LogP contribution in [0.25, 0.3) is 5.69 Å². The van der Waals surface area contributed by atoms with Gasteiger partial charge < -0.3 is 0 Å². The molecule has 0 radical (unpaired) electrons. The van der Waals surface area contributed by atoms with Gasteiger partial charge in [0.25, 0.3) is 0 Å². The van der Waals surface area contributed by atoms with Crippen LogP contribution < -0.4 is 9.13 Å². The quantitative estimate of drug-likeness (QED) is 0.596. The van der Waals surface area contributed by atoms with Gasteiger partial charge in [-0.05, 0) is 51.5 Å². The van der Waals surface area contributed by atoms with Crippen LogP contribution in [0.5, 0.6) is 0 Å². The lowest BCUT2D eigenvalue weighted by Crippen LogP contribution is -2.33. The van der Waals surface area contributed by atoms with E-state index in [1.54, 1.807) is 16.8 Å². The third-order valence-corrected chi connectivity index (χ3v) is 4.53. The molecule has 2 aromatic heterocycles. The molecule has 3 rings (SSSR count). The van der Waals surface area contributed by atoms with Crippen molar-refractivity contribution in [3.05, 3.63) is 66.8 Å². The first-order valence-electron chi connectivity index (χ1n) is 9.00. The summed E-state index contributed by atoms with van der Waals surface area (Å²) in [5.74, 6) is 0. The molecule has 0 aliphatic heterocycles. The lowest BCUT2D eigenvalue weighted by Gasteiger charge is -2.10. The first-order chi connectivity index (χ1) is 12.6. The molecule has 0 atom stereocenters. The topological polar surface area (TPSA) is 17.6 Å². The summed E-state index contributed by atoms with van der Waals surface area (Å²) >= 11 is 0. The fourth-order valence-electron chi connectivity index (χ4n) is 2.93. The molecule has 144 valence electrons. The van der Waals surface area contributed by atoms with Gasteiger partial charge in [-0.1, -0.05) is 0 Å². The fourth-order valence-corrected chi connectivity index (χ4v) is 2.93. The fraction of sp³-hybridized carbons (Fsp3) is 0.400. The second-order valence-electron chi connectivity index (χ2n) is 7.37. The maximum atomic E-state index is 13.4. The summed E-state index contributed by atoms with van der Waals surface area (Å²) in [6.45, 7) is 8.55. The molecule has 0 fully saturated rings. The molecule has 0 aliphatic carbocycles. The molecule has 0 spiro atoms. The largest absolute Gasteiger partial charge is 0.416 e. The molecule has 0 bridgehead atoms. The number of halogens is 3. The maximum Gasteiger partial charge on any atom is 0.416 e. The number of hydrogen-bond donors (Lipinski definition) is 0. The first kappa shape index (κ1) is 19.2. The van der Waals surface area contributed by atoms with Crippen molar-refractivity contribution in [3.63, 3.8) is 0 Å². The van der Waals surface area contributed by atoms with Crippen LogP contribution in [0.1, 0.15) is 50.9 Å². The van der Waals surface area contributed by atoms with Gasteiger partial charge in [0.1, 0.15) is 37.0 Å². The molecule has 0 N–H and O–H groups in total. The summed E-state index contributed by atoms with van der Waals surface area (Å²) in [6, 6.07) is 4.76. The highest BCUT2D eigenvalue weighted by atomic mass is 19.4. The van der Waals surface area contributed by atoms with E-state index in [9.17, 15) is 13.2 Å². The van der Waals surface area contributed by atoms with E-state index in [-0.39, 0.29) is 6.04 Å². The Kier molecular flexibility index (Phi) is 5.13. The van der Waals surface area contributed by atoms with Crippen molar-refractivity contribution in [1.82, 2.24) is 9.13 Å². The second kappa shape index (κ2) is 7.21. The molecule has 7 heteroatoms. The smallest absolute Gasteiger partial charge is 0.235 e. The van der Waals surface area contributed by atoms with Crippen LogP contribution in [-0.2, 0) is 12.7 Å². The SMILES string of the molecule is CC(C)[n+]1ccn(Cc2cc(-n3cc[n+](C(C)C)c3)cc(C(F)(F)F)c2)c1. The lowest BCUT2D eigenvalue weighted by molar-refractivity contribution is -0.715. The highest BCUT2D eigenvalue weighted by Gasteiger charge is 2.32. The summed E-state index contributed by atoms with van der Waals surface area (Å²) in [5, 5.41) is 0. The molecule has 0 aliphatic rings. The van der Waals surface area contributed by atoms with Gasteiger partial charge in [0.05, 0.1) is 17.6 Å². The van der Waals surface area contributed by atoms with Gasteiger partial charge in [-0.2, -0.15) is 13.2 Å². The predicted molar refractivity (Wildman–Crippen MR) is 95.5 cm³/mol. The standard InChI is InChI=1S/C20H25F3N4/c1-15(2)25-6-5-24(13-25)12-17-9-18(20(21,22)23)11-19(10-17)27-8-7-26(14-27)16(3)4/h5-11,13-16H,12H2,1-4H3/q+2. The first-order valence-corrected chi connectivity index (χ1v) is 9.00. The van der Waals surface area contributed by atoms with Gasteiger partial charge in [-0.15, -0.1) is 0 Å². The molecule has 1 aromatic carbocycles. The van der Waals surface area contributed by atoms with Gasteiger partial charge in [-0.3, -0.25) is 0 Å². The van der Waals surface area contributed by atoms with E-state index in [4.69, 9.17) is 0 Å². The van der Waals surface area contributed by atoms with Crippen molar-refractivity contribution in [2.75, 3.05) is 0 Å². The highest BCUT2D eigenvalue weighted by molar-refractivity contribution is 5.41. The molecular weight excluding hydrogens is 353 g/mol.